The van der Waals surface area contributed by atoms with E-state index in [1.807, 2.05) is 6.92 Å². The monoisotopic (exact) mass is 312 g/mol. The van der Waals surface area contributed by atoms with E-state index in [1.165, 1.54) is 11.3 Å². The van der Waals surface area contributed by atoms with Crippen LogP contribution in [0.25, 0.3) is 0 Å². The van der Waals surface area contributed by atoms with Gasteiger partial charge in [-0.1, -0.05) is 0 Å². The topological polar surface area (TPSA) is 58.2 Å². The van der Waals surface area contributed by atoms with Crippen molar-refractivity contribution in [2.24, 2.45) is 0 Å². The Morgan fingerprint density at radius 3 is 2.60 bits per heavy atom. The van der Waals surface area contributed by atoms with Crippen molar-refractivity contribution in [3.8, 4) is 0 Å². The van der Waals surface area contributed by atoms with Crippen LogP contribution in [0.3, 0.4) is 0 Å². The molecule has 0 saturated carbocycles. The van der Waals surface area contributed by atoms with E-state index >= 15 is 0 Å². The highest BCUT2D eigenvalue weighted by Gasteiger charge is 2.17. The first-order valence-electron chi connectivity index (χ1n) is 4.37. The lowest BCUT2D eigenvalue weighted by Gasteiger charge is -2.03. The van der Waals surface area contributed by atoms with E-state index in [1.54, 1.807) is 13.1 Å². The summed E-state index contributed by atoms with van der Waals surface area (Å²) in [6, 6.07) is 1.66. The molecule has 0 aliphatic rings. The van der Waals surface area contributed by atoms with E-state index in [4.69, 9.17) is 0 Å². The molecule has 0 saturated heterocycles. The van der Waals surface area contributed by atoms with E-state index in [-0.39, 0.29) is 0 Å². The molecule has 0 spiro atoms. The molecule has 1 aromatic rings. The fraction of sp³-hybridized carbons (Fsp3) is 0.500. The van der Waals surface area contributed by atoms with Gasteiger partial charge in [0.2, 0.25) is 10.0 Å². The predicted molar refractivity (Wildman–Crippen MR) is 65.9 cm³/mol. The Balaban J connectivity index is 2.77. The van der Waals surface area contributed by atoms with E-state index in [9.17, 15) is 8.42 Å². The summed E-state index contributed by atoms with van der Waals surface area (Å²) in [5, 5.41) is 2.88. The number of hydrogen-bond donors (Lipinski definition) is 2. The molecule has 0 unspecified atom stereocenters. The van der Waals surface area contributed by atoms with Crippen LogP contribution in [-0.2, 0) is 10.0 Å². The number of likely N-dealkylation sites (N-methyl/N-ethyl adjacent to an activating group) is 1. The summed E-state index contributed by atoms with van der Waals surface area (Å²) in [7, 11) is -1.56. The van der Waals surface area contributed by atoms with E-state index < -0.39 is 10.0 Å². The summed E-state index contributed by atoms with van der Waals surface area (Å²) < 4.78 is 27.2. The molecular weight excluding hydrogens is 300 g/mol. The Morgan fingerprint density at radius 2 is 2.13 bits per heavy atom. The van der Waals surface area contributed by atoms with Gasteiger partial charge in [0.05, 0.1) is 3.79 Å². The zero-order valence-corrected chi connectivity index (χ0v) is 11.7. The first kappa shape index (κ1) is 13.1. The van der Waals surface area contributed by atoms with Crippen molar-refractivity contribution in [3.05, 3.63) is 15.4 Å². The maximum absolute atomic E-state index is 11.7. The lowest BCUT2D eigenvalue weighted by Crippen LogP contribution is -2.30. The highest BCUT2D eigenvalue weighted by atomic mass is 79.9. The van der Waals surface area contributed by atoms with E-state index in [2.05, 4.69) is 26.0 Å². The van der Waals surface area contributed by atoms with Crippen LogP contribution >= 0.6 is 27.3 Å². The molecule has 15 heavy (non-hydrogen) atoms. The van der Waals surface area contributed by atoms with E-state index in [0.717, 1.165) is 9.35 Å². The number of halogens is 1. The van der Waals surface area contributed by atoms with Gasteiger partial charge >= 0.3 is 0 Å². The maximum Gasteiger partial charge on any atom is 0.250 e. The molecule has 1 rings (SSSR count). The van der Waals surface area contributed by atoms with Gasteiger partial charge in [-0.25, -0.2) is 13.1 Å². The molecule has 0 aliphatic heterocycles. The maximum atomic E-state index is 11.7. The zero-order chi connectivity index (χ0) is 11.5. The molecule has 0 bridgehead atoms. The lowest BCUT2D eigenvalue weighted by atomic mass is 10.4. The molecule has 0 aliphatic carbocycles. The van der Waals surface area contributed by atoms with Crippen LogP contribution in [0, 0.1) is 6.92 Å². The van der Waals surface area contributed by atoms with Gasteiger partial charge in [0.15, 0.2) is 0 Å². The van der Waals surface area contributed by atoms with Crippen molar-refractivity contribution in [2.45, 2.75) is 11.1 Å². The quantitative estimate of drug-likeness (QED) is 0.806. The number of rotatable bonds is 5. The second kappa shape index (κ2) is 5.40. The summed E-state index contributed by atoms with van der Waals surface area (Å²) in [5.74, 6) is 0. The van der Waals surface area contributed by atoms with Crippen LogP contribution in [0.15, 0.2) is 14.1 Å². The Labute approximate surface area is 102 Å². The van der Waals surface area contributed by atoms with Crippen molar-refractivity contribution in [1.29, 1.82) is 0 Å². The number of thiophene rings is 1. The van der Waals surface area contributed by atoms with Gasteiger partial charge in [-0.05, 0) is 41.5 Å². The average molecular weight is 313 g/mol. The van der Waals surface area contributed by atoms with Gasteiger partial charge < -0.3 is 5.32 Å². The van der Waals surface area contributed by atoms with Crippen molar-refractivity contribution in [1.82, 2.24) is 10.0 Å². The van der Waals surface area contributed by atoms with E-state index in [0.29, 0.717) is 17.3 Å². The summed E-state index contributed by atoms with van der Waals surface area (Å²) in [5.41, 5.74) is 0.939. The number of hydrogen-bond acceptors (Lipinski definition) is 4. The zero-order valence-electron chi connectivity index (χ0n) is 8.50. The number of aryl methyl sites for hydroxylation is 1. The first-order valence-corrected chi connectivity index (χ1v) is 7.47. The Hall–Kier alpha value is 0.0500. The molecule has 0 amide bonds. The van der Waals surface area contributed by atoms with Gasteiger partial charge in [0, 0.05) is 13.1 Å². The molecule has 1 heterocycles. The third-order valence-corrected chi connectivity index (χ3v) is 5.84. The van der Waals surface area contributed by atoms with Gasteiger partial charge in [0.25, 0.3) is 0 Å². The Bertz CT molecular complexity index is 408. The van der Waals surface area contributed by atoms with Crippen molar-refractivity contribution < 1.29 is 8.42 Å². The standard InChI is InChI=1S/C8H13BrN2O2S2/c1-6-5-7(14-8(6)9)15(12,13)11-4-3-10-2/h5,10-11H,3-4H2,1-2H3. The molecule has 4 nitrogen and oxygen atoms in total. The highest BCUT2D eigenvalue weighted by molar-refractivity contribution is 9.11. The summed E-state index contributed by atoms with van der Waals surface area (Å²) in [4.78, 5) is 0. The molecule has 7 heteroatoms. The summed E-state index contributed by atoms with van der Waals surface area (Å²) >= 11 is 4.53. The fourth-order valence-corrected chi connectivity index (χ4v) is 4.25. The van der Waals surface area contributed by atoms with Crippen LogP contribution in [0.4, 0.5) is 0 Å². The number of sulfonamides is 1. The third kappa shape index (κ3) is 3.53. The normalized spacial score (nSPS) is 11.9. The Kier molecular flexibility index (Phi) is 4.72. The predicted octanol–water partition coefficient (Wildman–Crippen LogP) is 1.32. The van der Waals surface area contributed by atoms with Gasteiger partial charge in [-0.2, -0.15) is 0 Å². The van der Waals surface area contributed by atoms with Crippen molar-refractivity contribution in [3.63, 3.8) is 0 Å². The minimum absolute atomic E-state index is 0.350. The summed E-state index contributed by atoms with van der Waals surface area (Å²) in [6.45, 7) is 2.88. The fourth-order valence-electron chi connectivity index (χ4n) is 0.946. The SMILES string of the molecule is CNCCNS(=O)(=O)c1cc(C)c(Br)s1. The van der Waals surface area contributed by atoms with Gasteiger partial charge in [-0.15, -0.1) is 11.3 Å². The Morgan fingerprint density at radius 1 is 1.47 bits per heavy atom. The minimum Gasteiger partial charge on any atom is -0.318 e. The molecule has 2 N–H and O–H groups in total. The van der Waals surface area contributed by atoms with Gasteiger partial charge in [0.1, 0.15) is 4.21 Å². The minimum atomic E-state index is -3.34. The van der Waals surface area contributed by atoms with Crippen LogP contribution in [0.1, 0.15) is 5.56 Å². The van der Waals surface area contributed by atoms with Gasteiger partial charge in [-0.3, -0.25) is 0 Å². The van der Waals surface area contributed by atoms with Crippen LogP contribution in [-0.4, -0.2) is 28.6 Å². The molecule has 0 atom stereocenters. The number of nitrogens with one attached hydrogen (secondary N) is 2. The third-order valence-electron chi connectivity index (χ3n) is 1.77. The summed E-state index contributed by atoms with van der Waals surface area (Å²) in [6.07, 6.45) is 0. The van der Waals surface area contributed by atoms with Crippen molar-refractivity contribution in [2.75, 3.05) is 20.1 Å². The van der Waals surface area contributed by atoms with Crippen LogP contribution in [0.2, 0.25) is 0 Å². The van der Waals surface area contributed by atoms with Crippen LogP contribution in [0.5, 0.6) is 0 Å². The molecule has 0 aromatic carbocycles. The lowest BCUT2D eigenvalue weighted by molar-refractivity contribution is 0.581. The molecule has 0 radical (unpaired) electrons. The largest absolute Gasteiger partial charge is 0.318 e. The smallest absolute Gasteiger partial charge is 0.250 e. The second-order valence-corrected chi connectivity index (χ2v) is 7.39. The average Bonchev–Trinajstić information content (AvgIpc) is 2.48. The molecule has 0 fully saturated rings. The molecule has 86 valence electrons. The molecule has 1 aromatic heterocycles. The van der Waals surface area contributed by atoms with Crippen LogP contribution < -0.4 is 10.0 Å². The second-order valence-electron chi connectivity index (χ2n) is 3.02. The van der Waals surface area contributed by atoms with Crippen molar-refractivity contribution >= 4 is 37.3 Å². The highest BCUT2D eigenvalue weighted by Crippen LogP contribution is 2.30. The first-order chi connectivity index (χ1) is 6.97. The molecular formula is C8H13BrN2O2S2.